The molecule has 3 amide bonds. The lowest BCUT2D eigenvalue weighted by Gasteiger charge is -2.10. The lowest BCUT2D eigenvalue weighted by atomic mass is 9.99. The quantitative estimate of drug-likeness (QED) is 0.421. The Bertz CT molecular complexity index is 1340. The Kier molecular flexibility index (Phi) is 6.35. The van der Waals surface area contributed by atoms with Crippen molar-refractivity contribution in [2.45, 2.75) is 5.75 Å². The van der Waals surface area contributed by atoms with Crippen LogP contribution in [0.1, 0.15) is 15.9 Å². The van der Waals surface area contributed by atoms with Gasteiger partial charge in [0.25, 0.3) is 5.91 Å². The number of halogens is 1. The van der Waals surface area contributed by atoms with Gasteiger partial charge >= 0.3 is 6.03 Å². The first-order chi connectivity index (χ1) is 15.4. The second-order valence-corrected chi connectivity index (χ2v) is 8.66. The molecule has 7 nitrogen and oxygen atoms in total. The lowest BCUT2D eigenvalue weighted by molar-refractivity contribution is 0.0967. The number of imide groups is 1. The Hall–Kier alpha value is -3.47. The summed E-state index contributed by atoms with van der Waals surface area (Å²) in [5, 5.41) is 5.06. The van der Waals surface area contributed by atoms with E-state index in [0.29, 0.717) is 26.9 Å². The minimum atomic E-state index is -2.21. The molecule has 10 heteroatoms. The highest BCUT2D eigenvalue weighted by atomic mass is 32.2. The maximum atomic E-state index is 13.2. The Balaban J connectivity index is 1.48. The summed E-state index contributed by atoms with van der Waals surface area (Å²) in [5.74, 6) is -1.12. The third kappa shape index (κ3) is 5.05. The number of nitrogens with one attached hydrogen (secondary N) is 2. The molecule has 3 aromatic carbocycles. The summed E-state index contributed by atoms with van der Waals surface area (Å²) >= 11 is -1.05. The number of hydrogen-bond acceptors (Lipinski definition) is 6. The van der Waals surface area contributed by atoms with Crippen molar-refractivity contribution < 1.29 is 22.7 Å². The fourth-order valence-corrected chi connectivity index (χ4v) is 4.49. The number of carbonyl (C=O) groups is 2. The monoisotopic (exact) mass is 468 g/mol. The van der Waals surface area contributed by atoms with Gasteiger partial charge < -0.3 is 4.55 Å². The van der Waals surface area contributed by atoms with Gasteiger partial charge in [-0.3, -0.25) is 19.6 Å². The molecular formula is C22H15FN3O4S2-. The van der Waals surface area contributed by atoms with Gasteiger partial charge in [-0.15, -0.1) is 0 Å². The summed E-state index contributed by atoms with van der Waals surface area (Å²) in [4.78, 5) is 29.3. The van der Waals surface area contributed by atoms with E-state index in [1.165, 1.54) is 12.1 Å². The molecule has 0 fully saturated rings. The molecule has 4 aromatic rings. The summed E-state index contributed by atoms with van der Waals surface area (Å²) in [7, 11) is 0. The predicted octanol–water partition coefficient (Wildman–Crippen LogP) is 4.44. The van der Waals surface area contributed by atoms with E-state index in [1.807, 2.05) is 0 Å². The van der Waals surface area contributed by atoms with Gasteiger partial charge in [-0.05, 0) is 47.0 Å². The van der Waals surface area contributed by atoms with E-state index in [9.17, 15) is 22.7 Å². The van der Waals surface area contributed by atoms with Crippen molar-refractivity contribution in [3.8, 4) is 11.1 Å². The van der Waals surface area contributed by atoms with E-state index in [2.05, 4.69) is 15.6 Å². The lowest BCUT2D eigenvalue weighted by Crippen LogP contribution is -2.34. The van der Waals surface area contributed by atoms with Crippen LogP contribution >= 0.6 is 11.3 Å². The number of thiazole rings is 1. The number of aromatic nitrogens is 1. The van der Waals surface area contributed by atoms with Gasteiger partial charge in [0.2, 0.25) is 0 Å². The van der Waals surface area contributed by atoms with Gasteiger partial charge in [0.15, 0.2) is 5.13 Å². The highest BCUT2D eigenvalue weighted by Gasteiger charge is 2.16. The number of benzene rings is 3. The highest BCUT2D eigenvalue weighted by Crippen LogP contribution is 2.27. The summed E-state index contributed by atoms with van der Waals surface area (Å²) in [6, 6.07) is 16.6. The number of amides is 3. The van der Waals surface area contributed by atoms with Gasteiger partial charge in [0.05, 0.1) is 10.2 Å². The molecule has 0 saturated heterocycles. The zero-order valence-electron chi connectivity index (χ0n) is 16.3. The number of hydrogen-bond donors (Lipinski definition) is 2. The largest absolute Gasteiger partial charge is 0.772 e. The number of carbonyl (C=O) groups excluding carboxylic acids is 2. The highest BCUT2D eigenvalue weighted by molar-refractivity contribution is 7.78. The van der Waals surface area contributed by atoms with E-state index < -0.39 is 23.0 Å². The first-order valence-corrected chi connectivity index (χ1v) is 11.4. The van der Waals surface area contributed by atoms with Crippen molar-refractivity contribution in [3.63, 3.8) is 0 Å². The minimum absolute atomic E-state index is 0.112. The molecule has 0 saturated carbocycles. The van der Waals surface area contributed by atoms with Crippen LogP contribution in [0.4, 0.5) is 14.3 Å². The second kappa shape index (κ2) is 9.35. The normalized spacial score (nSPS) is 11.8. The number of urea groups is 1. The van der Waals surface area contributed by atoms with Crippen molar-refractivity contribution in [1.29, 1.82) is 0 Å². The van der Waals surface area contributed by atoms with Gasteiger partial charge in [-0.1, -0.05) is 58.8 Å². The van der Waals surface area contributed by atoms with Crippen LogP contribution in [0, 0.1) is 5.82 Å². The summed E-state index contributed by atoms with van der Waals surface area (Å²) in [6.07, 6.45) is 0. The van der Waals surface area contributed by atoms with E-state index in [1.54, 1.807) is 54.6 Å². The molecule has 0 aliphatic rings. The predicted molar refractivity (Wildman–Crippen MR) is 121 cm³/mol. The van der Waals surface area contributed by atoms with E-state index >= 15 is 0 Å². The molecule has 1 heterocycles. The minimum Gasteiger partial charge on any atom is -0.772 e. The molecule has 32 heavy (non-hydrogen) atoms. The van der Waals surface area contributed by atoms with Gasteiger partial charge in [0.1, 0.15) is 5.82 Å². The maximum Gasteiger partial charge on any atom is 0.327 e. The van der Waals surface area contributed by atoms with Crippen molar-refractivity contribution >= 4 is 49.7 Å². The van der Waals surface area contributed by atoms with E-state index in [-0.39, 0.29) is 22.3 Å². The zero-order chi connectivity index (χ0) is 22.7. The van der Waals surface area contributed by atoms with Crippen molar-refractivity contribution in [2.75, 3.05) is 5.32 Å². The van der Waals surface area contributed by atoms with Crippen LogP contribution in [0.15, 0.2) is 66.7 Å². The number of fused-ring (bicyclic) bond motifs is 1. The topological polar surface area (TPSA) is 111 Å². The van der Waals surface area contributed by atoms with Crippen molar-refractivity contribution in [1.82, 2.24) is 10.3 Å². The molecule has 0 radical (unpaired) electrons. The number of nitrogens with zero attached hydrogens (tertiary/aromatic N) is 1. The molecule has 1 unspecified atom stereocenters. The summed E-state index contributed by atoms with van der Waals surface area (Å²) < 4.78 is 35.7. The smallest absolute Gasteiger partial charge is 0.327 e. The fraction of sp³-hybridized carbons (Fsp3) is 0.0455. The van der Waals surface area contributed by atoms with Gasteiger partial charge in [0, 0.05) is 11.3 Å². The first-order valence-electron chi connectivity index (χ1n) is 9.32. The molecule has 2 N–H and O–H groups in total. The standard InChI is InChI=1S/C22H16FN3O4S2/c23-15-8-6-14(7-9-15)16-3-1-2-4-17(16)20(27)25-21(28)26-22-24-18-10-5-13(12-32(29)30)11-19(18)31-22/h1-11H,12H2,(H,29,30)(H2,24,25,26,27,28)/p-1. The third-order valence-corrected chi connectivity index (χ3v) is 6.01. The van der Waals surface area contributed by atoms with Crippen LogP contribution < -0.4 is 10.6 Å². The second-order valence-electron chi connectivity index (χ2n) is 6.73. The average Bonchev–Trinajstić information content (AvgIpc) is 3.15. The summed E-state index contributed by atoms with van der Waals surface area (Å²) in [5.41, 5.74) is 2.66. The molecule has 0 bridgehead atoms. The van der Waals surface area contributed by atoms with Crippen LogP contribution in [-0.4, -0.2) is 25.7 Å². The first kappa shape index (κ1) is 21.8. The number of anilines is 1. The Morgan fingerprint density at radius 1 is 1.06 bits per heavy atom. The molecule has 1 aromatic heterocycles. The molecule has 0 aliphatic carbocycles. The van der Waals surface area contributed by atoms with Crippen molar-refractivity contribution in [2.24, 2.45) is 0 Å². The maximum absolute atomic E-state index is 13.2. The van der Waals surface area contributed by atoms with Crippen LogP contribution in [0.3, 0.4) is 0 Å². The van der Waals surface area contributed by atoms with Gasteiger partial charge in [-0.2, -0.15) is 0 Å². The van der Waals surface area contributed by atoms with Crippen LogP contribution in [0.2, 0.25) is 0 Å². The van der Waals surface area contributed by atoms with Crippen LogP contribution in [0.25, 0.3) is 21.3 Å². The zero-order valence-corrected chi connectivity index (χ0v) is 18.0. The molecule has 162 valence electrons. The summed E-state index contributed by atoms with van der Waals surface area (Å²) in [6.45, 7) is 0. The Morgan fingerprint density at radius 2 is 1.81 bits per heavy atom. The molecule has 4 rings (SSSR count). The average molecular weight is 469 g/mol. The van der Waals surface area contributed by atoms with Gasteiger partial charge in [-0.25, -0.2) is 14.2 Å². The molecule has 0 spiro atoms. The molecule has 1 atom stereocenters. The fourth-order valence-electron chi connectivity index (χ4n) is 3.11. The van der Waals surface area contributed by atoms with E-state index in [4.69, 9.17) is 0 Å². The SMILES string of the molecule is O=C(NC(=O)c1ccccc1-c1ccc(F)cc1)Nc1nc2ccc(CS(=O)[O-])cc2s1. The Labute approximate surface area is 188 Å². The van der Waals surface area contributed by atoms with E-state index in [0.717, 1.165) is 11.3 Å². The number of rotatable bonds is 5. The third-order valence-electron chi connectivity index (χ3n) is 4.51. The van der Waals surface area contributed by atoms with Crippen LogP contribution in [-0.2, 0) is 16.8 Å². The van der Waals surface area contributed by atoms with Crippen molar-refractivity contribution in [3.05, 3.63) is 83.7 Å². The van der Waals surface area contributed by atoms with Crippen LogP contribution in [0.5, 0.6) is 0 Å². The Morgan fingerprint density at radius 3 is 2.56 bits per heavy atom. The molecular weight excluding hydrogens is 453 g/mol. The molecule has 0 aliphatic heterocycles.